The fourth-order valence-electron chi connectivity index (χ4n) is 1.70. The van der Waals surface area contributed by atoms with Crippen LogP contribution in [-0.2, 0) is 6.42 Å². The Morgan fingerprint density at radius 2 is 1.53 bits per heavy atom. The fraction of sp³-hybridized carbons (Fsp3) is 0.143. The molecule has 0 aliphatic carbocycles. The number of rotatable bonds is 3. The van der Waals surface area contributed by atoms with Gasteiger partial charge in [0.05, 0.1) is 5.38 Å². The van der Waals surface area contributed by atoms with Crippen molar-refractivity contribution in [1.29, 1.82) is 0 Å². The molecule has 0 spiro atoms. The molecule has 0 amide bonds. The van der Waals surface area contributed by atoms with E-state index in [9.17, 15) is 13.2 Å². The summed E-state index contributed by atoms with van der Waals surface area (Å²) in [6, 6.07) is 9.27. The molecule has 19 heavy (non-hydrogen) atoms. The highest BCUT2D eigenvalue weighted by atomic mass is 79.9. The Kier molecular flexibility index (Phi) is 4.53. The molecule has 0 bridgehead atoms. The average Bonchev–Trinajstić information content (AvgIpc) is 2.38. The van der Waals surface area contributed by atoms with Crippen LogP contribution < -0.4 is 0 Å². The third kappa shape index (κ3) is 3.51. The topological polar surface area (TPSA) is 0 Å². The van der Waals surface area contributed by atoms with Gasteiger partial charge in [0, 0.05) is 4.47 Å². The molecule has 0 heterocycles. The largest absolute Gasteiger partial charge is 0.204 e. The quantitative estimate of drug-likeness (QED) is 0.515. The number of hydrogen-bond acceptors (Lipinski definition) is 0. The summed E-state index contributed by atoms with van der Waals surface area (Å²) >= 11 is 9.42. The fourth-order valence-corrected chi connectivity index (χ4v) is 2.27. The van der Waals surface area contributed by atoms with Crippen LogP contribution in [0.25, 0.3) is 0 Å². The minimum Gasteiger partial charge on any atom is -0.204 e. The van der Waals surface area contributed by atoms with Crippen LogP contribution >= 0.6 is 27.5 Å². The molecule has 0 nitrogen and oxygen atoms in total. The second kappa shape index (κ2) is 5.97. The molecule has 5 heteroatoms. The molecule has 0 saturated carbocycles. The average molecular weight is 350 g/mol. The zero-order valence-electron chi connectivity index (χ0n) is 9.64. The van der Waals surface area contributed by atoms with E-state index in [1.807, 2.05) is 24.3 Å². The van der Waals surface area contributed by atoms with Crippen LogP contribution in [0.2, 0.25) is 0 Å². The summed E-state index contributed by atoms with van der Waals surface area (Å²) in [5.41, 5.74) is 1.15. The van der Waals surface area contributed by atoms with Crippen LogP contribution in [0.4, 0.5) is 13.2 Å². The van der Waals surface area contributed by atoms with Crippen LogP contribution in [0.15, 0.2) is 40.9 Å². The number of hydrogen-bond donors (Lipinski definition) is 0. The van der Waals surface area contributed by atoms with Gasteiger partial charge in [-0.05, 0) is 41.8 Å². The molecule has 1 atom stereocenters. The van der Waals surface area contributed by atoms with E-state index in [1.165, 1.54) is 0 Å². The van der Waals surface area contributed by atoms with Crippen molar-refractivity contribution in [2.24, 2.45) is 0 Å². The van der Waals surface area contributed by atoms with Crippen LogP contribution in [-0.4, -0.2) is 0 Å². The van der Waals surface area contributed by atoms with Crippen LogP contribution in [0.3, 0.4) is 0 Å². The van der Waals surface area contributed by atoms with Gasteiger partial charge in [0.25, 0.3) is 0 Å². The Balaban J connectivity index is 2.20. The Morgan fingerprint density at radius 3 is 2.05 bits per heavy atom. The summed E-state index contributed by atoms with van der Waals surface area (Å²) in [5, 5.41) is -0.620. The zero-order valence-corrected chi connectivity index (χ0v) is 12.0. The Hall–Kier alpha value is -1.00. The van der Waals surface area contributed by atoms with Gasteiger partial charge in [0.15, 0.2) is 17.5 Å². The summed E-state index contributed by atoms with van der Waals surface area (Å²) in [6.45, 7) is 0. The van der Waals surface area contributed by atoms with Crippen molar-refractivity contribution in [2.75, 3.05) is 0 Å². The maximum absolute atomic E-state index is 13.1. The van der Waals surface area contributed by atoms with Gasteiger partial charge in [-0.15, -0.1) is 11.6 Å². The maximum atomic E-state index is 13.1. The molecule has 2 aromatic carbocycles. The molecule has 0 fully saturated rings. The molecule has 0 aliphatic heterocycles. The lowest BCUT2D eigenvalue weighted by Crippen LogP contribution is -2.00. The molecule has 100 valence electrons. The van der Waals surface area contributed by atoms with Gasteiger partial charge in [-0.25, -0.2) is 13.2 Å². The predicted octanol–water partition coefficient (Wildman–Crippen LogP) is 5.39. The van der Waals surface area contributed by atoms with Crippen molar-refractivity contribution in [3.63, 3.8) is 0 Å². The van der Waals surface area contributed by atoms with E-state index in [2.05, 4.69) is 15.9 Å². The maximum Gasteiger partial charge on any atom is 0.194 e. The first-order valence-electron chi connectivity index (χ1n) is 5.50. The first-order valence-corrected chi connectivity index (χ1v) is 6.73. The number of benzene rings is 2. The van der Waals surface area contributed by atoms with E-state index in [0.717, 1.165) is 22.2 Å². The first-order chi connectivity index (χ1) is 8.97. The lowest BCUT2D eigenvalue weighted by molar-refractivity contribution is 0.445. The van der Waals surface area contributed by atoms with E-state index >= 15 is 0 Å². The lowest BCUT2D eigenvalue weighted by atomic mass is 10.0. The van der Waals surface area contributed by atoms with Gasteiger partial charge >= 0.3 is 0 Å². The normalized spacial score (nSPS) is 12.5. The monoisotopic (exact) mass is 348 g/mol. The van der Waals surface area contributed by atoms with Gasteiger partial charge in [-0.2, -0.15) is 0 Å². The van der Waals surface area contributed by atoms with Gasteiger partial charge in [0.1, 0.15) is 0 Å². The second-order valence-corrected chi connectivity index (χ2v) is 5.54. The molecule has 0 saturated heterocycles. The van der Waals surface area contributed by atoms with Crippen molar-refractivity contribution in [2.45, 2.75) is 11.8 Å². The first kappa shape index (κ1) is 14.4. The second-order valence-electron chi connectivity index (χ2n) is 4.10. The summed E-state index contributed by atoms with van der Waals surface area (Å²) < 4.78 is 40.0. The van der Waals surface area contributed by atoms with Crippen molar-refractivity contribution in [1.82, 2.24) is 0 Å². The molecule has 0 aromatic heterocycles. The molecule has 0 radical (unpaired) electrons. The van der Waals surface area contributed by atoms with Crippen molar-refractivity contribution < 1.29 is 13.2 Å². The minimum atomic E-state index is -1.48. The third-order valence-electron chi connectivity index (χ3n) is 2.70. The SMILES string of the molecule is Fc1cc(C(Cl)Cc2ccc(Br)cc2)cc(F)c1F. The van der Waals surface area contributed by atoms with Crippen LogP contribution in [0.1, 0.15) is 16.5 Å². The summed E-state index contributed by atoms with van der Waals surface area (Å²) in [5.74, 6) is -3.93. The third-order valence-corrected chi connectivity index (χ3v) is 3.63. The van der Waals surface area contributed by atoms with Crippen LogP contribution in [0, 0.1) is 17.5 Å². The zero-order chi connectivity index (χ0) is 14.0. The molecule has 1 unspecified atom stereocenters. The number of alkyl halides is 1. The highest BCUT2D eigenvalue weighted by Gasteiger charge is 2.16. The van der Waals surface area contributed by atoms with Crippen molar-refractivity contribution in [3.05, 3.63) is 69.4 Å². The standard InChI is InChI=1S/C14H9BrClF3/c15-10-3-1-8(2-4-10)5-11(16)9-6-12(17)14(19)13(18)7-9/h1-4,6-7,11H,5H2. The summed E-state index contributed by atoms with van der Waals surface area (Å²) in [4.78, 5) is 0. The van der Waals surface area contributed by atoms with Gasteiger partial charge in [0.2, 0.25) is 0 Å². The predicted molar refractivity (Wildman–Crippen MR) is 72.8 cm³/mol. The summed E-state index contributed by atoms with van der Waals surface area (Å²) in [7, 11) is 0. The van der Waals surface area contributed by atoms with E-state index in [0.29, 0.717) is 6.42 Å². The Labute approximate surface area is 122 Å². The lowest BCUT2D eigenvalue weighted by Gasteiger charge is -2.11. The van der Waals surface area contributed by atoms with E-state index in [1.54, 1.807) is 0 Å². The Morgan fingerprint density at radius 1 is 1.00 bits per heavy atom. The van der Waals surface area contributed by atoms with Crippen LogP contribution in [0.5, 0.6) is 0 Å². The highest BCUT2D eigenvalue weighted by Crippen LogP contribution is 2.28. The molecular formula is C14H9BrClF3. The molecule has 0 aliphatic rings. The van der Waals surface area contributed by atoms with E-state index < -0.39 is 22.8 Å². The molecule has 2 rings (SSSR count). The smallest absolute Gasteiger partial charge is 0.194 e. The van der Waals surface area contributed by atoms with Crippen molar-refractivity contribution in [3.8, 4) is 0 Å². The molecular weight excluding hydrogens is 341 g/mol. The Bertz CT molecular complexity index is 561. The van der Waals surface area contributed by atoms with Gasteiger partial charge < -0.3 is 0 Å². The molecule has 0 N–H and O–H groups in total. The van der Waals surface area contributed by atoms with Gasteiger partial charge in [-0.1, -0.05) is 28.1 Å². The van der Waals surface area contributed by atoms with E-state index in [4.69, 9.17) is 11.6 Å². The molecule has 2 aromatic rings. The van der Waals surface area contributed by atoms with Crippen molar-refractivity contribution >= 4 is 27.5 Å². The summed E-state index contributed by atoms with van der Waals surface area (Å²) in [6.07, 6.45) is 0.402. The van der Waals surface area contributed by atoms with E-state index in [-0.39, 0.29) is 5.56 Å². The highest BCUT2D eigenvalue weighted by molar-refractivity contribution is 9.10. The van der Waals surface area contributed by atoms with Gasteiger partial charge in [-0.3, -0.25) is 0 Å². The minimum absolute atomic E-state index is 0.223. The number of halogens is 5.